The fraction of sp³-hybridized carbons (Fsp3) is 0.385. The molecule has 0 saturated heterocycles. The van der Waals surface area contributed by atoms with Crippen LogP contribution in [-0.2, 0) is 23.9 Å². The highest BCUT2D eigenvalue weighted by Gasteiger charge is 2.64. The van der Waals surface area contributed by atoms with Gasteiger partial charge < -0.3 is 4.74 Å². The van der Waals surface area contributed by atoms with Crippen LogP contribution in [-0.4, -0.2) is 35.9 Å². The fourth-order valence-electron chi connectivity index (χ4n) is 1.48. The van der Waals surface area contributed by atoms with Crippen molar-refractivity contribution in [2.24, 2.45) is 5.41 Å². The van der Waals surface area contributed by atoms with Crippen molar-refractivity contribution in [3.05, 3.63) is 72.8 Å². The van der Waals surface area contributed by atoms with Gasteiger partial charge in [-0.3, -0.25) is 19.2 Å². The van der Waals surface area contributed by atoms with Crippen LogP contribution in [0.25, 0.3) is 0 Å². The summed E-state index contributed by atoms with van der Waals surface area (Å²) < 4.78 is 73.6. The van der Waals surface area contributed by atoms with Crippen molar-refractivity contribution >= 4 is 23.5 Å². The third-order valence-electron chi connectivity index (χ3n) is 3.54. The molecule has 37 heavy (non-hydrogen) atoms. The lowest BCUT2D eigenvalue weighted by Crippen LogP contribution is -2.44. The summed E-state index contributed by atoms with van der Waals surface area (Å²) in [5.74, 6) is -1.25. The van der Waals surface area contributed by atoms with E-state index in [4.69, 9.17) is 0 Å². The van der Waals surface area contributed by atoms with Crippen molar-refractivity contribution in [2.75, 3.05) is 0 Å². The van der Waals surface area contributed by atoms with Gasteiger partial charge in [-0.25, -0.2) is 0 Å². The SMILES string of the molecule is CC(=O)CC(C)=O.CC(=O)OC(C)=O.CC(C)(C(F)(F)F)C(F)(F)F.c1ccccc1.c1ccccc1. The van der Waals surface area contributed by atoms with E-state index in [0.29, 0.717) is 0 Å². The highest BCUT2D eigenvalue weighted by molar-refractivity contribution is 5.96. The third kappa shape index (κ3) is 25.4. The molecule has 11 heteroatoms. The first-order chi connectivity index (χ1) is 16.8. The lowest BCUT2D eigenvalue weighted by Gasteiger charge is -2.29. The Bertz CT molecular complexity index is 742. The normalized spacial score (nSPS) is 10.2. The third-order valence-corrected chi connectivity index (χ3v) is 3.54. The maximum atomic E-state index is 11.6. The molecule has 208 valence electrons. The molecule has 0 aliphatic carbocycles. The minimum absolute atomic E-state index is 0.0625. The molecule has 0 atom stereocenters. The molecule has 0 aliphatic heterocycles. The zero-order valence-corrected chi connectivity index (χ0v) is 21.4. The summed E-state index contributed by atoms with van der Waals surface area (Å²) in [6, 6.07) is 24.0. The Balaban J connectivity index is -0.000000398. The second-order valence-electron chi connectivity index (χ2n) is 7.60. The number of hydrogen-bond acceptors (Lipinski definition) is 5. The van der Waals surface area contributed by atoms with Crippen LogP contribution in [0, 0.1) is 5.41 Å². The van der Waals surface area contributed by atoms with Gasteiger partial charge in [0, 0.05) is 13.8 Å². The van der Waals surface area contributed by atoms with Gasteiger partial charge in [0.15, 0.2) is 5.41 Å². The number of esters is 2. The molecule has 0 N–H and O–H groups in total. The van der Waals surface area contributed by atoms with Crippen molar-refractivity contribution in [3.63, 3.8) is 0 Å². The molecular weight excluding hydrogens is 506 g/mol. The molecule has 2 aromatic rings. The molecule has 2 aromatic carbocycles. The summed E-state index contributed by atoms with van der Waals surface area (Å²) in [4.78, 5) is 39.7. The number of benzene rings is 2. The van der Waals surface area contributed by atoms with Crippen LogP contribution >= 0.6 is 0 Å². The summed E-state index contributed by atoms with van der Waals surface area (Å²) in [5, 5.41) is 0. The fourth-order valence-corrected chi connectivity index (χ4v) is 1.48. The highest BCUT2D eigenvalue weighted by atomic mass is 19.4. The van der Waals surface area contributed by atoms with Crippen LogP contribution in [0.1, 0.15) is 48.0 Å². The molecule has 0 heterocycles. The van der Waals surface area contributed by atoms with Crippen LogP contribution in [0.15, 0.2) is 72.8 Å². The Morgan fingerprint density at radius 2 is 0.703 bits per heavy atom. The van der Waals surface area contributed by atoms with Crippen molar-refractivity contribution < 1.29 is 50.3 Å². The number of ketones is 2. The first-order valence-electron chi connectivity index (χ1n) is 10.6. The van der Waals surface area contributed by atoms with Gasteiger partial charge >= 0.3 is 24.3 Å². The van der Waals surface area contributed by atoms with E-state index >= 15 is 0 Å². The van der Waals surface area contributed by atoms with Gasteiger partial charge in [-0.1, -0.05) is 72.8 Å². The average Bonchev–Trinajstić information content (AvgIpc) is 2.74. The number of hydrogen-bond donors (Lipinski definition) is 0. The van der Waals surface area contributed by atoms with Gasteiger partial charge in [0.25, 0.3) is 0 Å². The van der Waals surface area contributed by atoms with Gasteiger partial charge in [-0.15, -0.1) is 0 Å². The van der Waals surface area contributed by atoms with E-state index in [-0.39, 0.29) is 31.8 Å². The zero-order valence-electron chi connectivity index (χ0n) is 21.4. The minimum Gasteiger partial charge on any atom is -0.394 e. The maximum Gasteiger partial charge on any atom is 0.402 e. The topological polar surface area (TPSA) is 77.5 Å². The molecule has 0 bridgehead atoms. The largest absolute Gasteiger partial charge is 0.402 e. The monoisotopic (exact) mass is 538 g/mol. The Morgan fingerprint density at radius 1 is 0.514 bits per heavy atom. The number of carbonyl (C=O) groups is 4. The summed E-state index contributed by atoms with van der Waals surface area (Å²) in [6.45, 7) is 5.38. The van der Waals surface area contributed by atoms with E-state index < -0.39 is 29.7 Å². The quantitative estimate of drug-likeness (QED) is 0.230. The molecule has 0 spiro atoms. The van der Waals surface area contributed by atoms with E-state index in [1.807, 2.05) is 72.8 Å². The van der Waals surface area contributed by atoms with Crippen LogP contribution in [0.2, 0.25) is 0 Å². The van der Waals surface area contributed by atoms with Crippen LogP contribution in [0.4, 0.5) is 26.3 Å². The zero-order chi connectivity index (χ0) is 29.7. The Morgan fingerprint density at radius 3 is 0.730 bits per heavy atom. The lowest BCUT2D eigenvalue weighted by atomic mass is 9.92. The summed E-state index contributed by atoms with van der Waals surface area (Å²) >= 11 is 0. The van der Waals surface area contributed by atoms with Gasteiger partial charge in [0.05, 0.1) is 6.42 Å². The van der Waals surface area contributed by atoms with Crippen LogP contribution in [0.3, 0.4) is 0 Å². The number of halogens is 6. The molecule has 0 amide bonds. The smallest absolute Gasteiger partial charge is 0.394 e. The number of ether oxygens (including phenoxy) is 1. The Labute approximate surface area is 212 Å². The highest BCUT2D eigenvalue weighted by Crippen LogP contribution is 2.49. The van der Waals surface area contributed by atoms with Crippen LogP contribution in [0.5, 0.6) is 0 Å². The molecule has 0 fully saturated rings. The number of rotatable bonds is 2. The molecule has 5 nitrogen and oxygen atoms in total. The van der Waals surface area contributed by atoms with Gasteiger partial charge in [-0.2, -0.15) is 26.3 Å². The molecule has 0 aliphatic rings. The summed E-state index contributed by atoms with van der Waals surface area (Å²) in [7, 11) is 0. The van der Waals surface area contributed by atoms with Crippen molar-refractivity contribution in [1.29, 1.82) is 0 Å². The predicted molar refractivity (Wildman–Crippen MR) is 127 cm³/mol. The van der Waals surface area contributed by atoms with E-state index in [0.717, 1.165) is 0 Å². The second kappa shape index (κ2) is 19.7. The second-order valence-corrected chi connectivity index (χ2v) is 7.60. The molecule has 2 rings (SSSR count). The first kappa shape index (κ1) is 38.0. The van der Waals surface area contributed by atoms with E-state index in [9.17, 15) is 45.5 Å². The number of Topliss-reactive ketones (excluding diaryl/α,β-unsaturated/α-hetero) is 2. The Hall–Kier alpha value is -3.50. The van der Waals surface area contributed by atoms with E-state index in [1.54, 1.807) is 0 Å². The minimum atomic E-state index is -5.24. The van der Waals surface area contributed by atoms with Gasteiger partial charge in [0.1, 0.15) is 11.6 Å². The van der Waals surface area contributed by atoms with Gasteiger partial charge in [0.2, 0.25) is 0 Å². The average molecular weight is 539 g/mol. The van der Waals surface area contributed by atoms with Crippen molar-refractivity contribution in [2.45, 2.75) is 60.3 Å². The summed E-state index contributed by atoms with van der Waals surface area (Å²) in [6.07, 6.45) is -10.4. The lowest BCUT2D eigenvalue weighted by molar-refractivity contribution is -0.327. The van der Waals surface area contributed by atoms with Crippen molar-refractivity contribution in [1.82, 2.24) is 0 Å². The molecule has 0 radical (unpaired) electrons. The molecule has 0 saturated carbocycles. The first-order valence-corrected chi connectivity index (χ1v) is 10.6. The number of carbonyl (C=O) groups excluding carboxylic acids is 4. The van der Waals surface area contributed by atoms with Crippen LogP contribution < -0.4 is 0 Å². The Kier molecular flexibility index (Phi) is 20.2. The van der Waals surface area contributed by atoms with E-state index in [1.165, 1.54) is 27.7 Å². The molecule has 0 unspecified atom stereocenters. The van der Waals surface area contributed by atoms with Crippen molar-refractivity contribution in [3.8, 4) is 0 Å². The molecule has 0 aromatic heterocycles. The number of alkyl halides is 6. The predicted octanol–water partition coefficient (Wildman–Crippen LogP) is 7.16. The maximum absolute atomic E-state index is 11.6. The summed E-state index contributed by atoms with van der Waals surface area (Å²) in [5.41, 5.74) is -3.62. The molecular formula is C26H32F6O5. The standard InChI is InChI=1S/2C6H6.C5H6F6.C5H8O2.C4H6O3/c2*1-2-4-6-5-3-1;1-3(2,4(6,7)8)5(9,10)11;1-4(6)3-5(2)7;1-3(5)7-4(2)6/h2*1-6H;1-2H3;3H2,1-2H3;1-2H3. The van der Waals surface area contributed by atoms with Gasteiger partial charge in [-0.05, 0) is 27.7 Å². The van der Waals surface area contributed by atoms with E-state index in [2.05, 4.69) is 4.74 Å².